The van der Waals surface area contributed by atoms with E-state index >= 15 is 0 Å². The summed E-state index contributed by atoms with van der Waals surface area (Å²) in [4.78, 5) is 2.24. The first kappa shape index (κ1) is 13.4. The molecule has 0 aliphatic rings. The van der Waals surface area contributed by atoms with Crippen LogP contribution in [0.5, 0.6) is 0 Å². The second kappa shape index (κ2) is 5.44. The quantitative estimate of drug-likeness (QED) is 0.744. The molecule has 108 valence electrons. The summed E-state index contributed by atoms with van der Waals surface area (Å²) in [7, 11) is 0. The highest BCUT2D eigenvalue weighted by Crippen LogP contribution is 2.29. The average molecular weight is 282 g/mol. The molecule has 0 atom stereocenters. The van der Waals surface area contributed by atoms with Crippen LogP contribution in [0.15, 0.2) is 41.0 Å². The Morgan fingerprint density at radius 2 is 1.86 bits per heavy atom. The highest BCUT2D eigenvalue weighted by Gasteiger charge is 2.15. The second-order valence-corrected chi connectivity index (χ2v) is 5.08. The number of hydrogen-bond acceptors (Lipinski definition) is 5. The second-order valence-electron chi connectivity index (χ2n) is 5.08. The number of aromatic nitrogens is 2. The Morgan fingerprint density at radius 1 is 1.10 bits per heavy atom. The number of fused-ring (bicyclic) bond motifs is 1. The van der Waals surface area contributed by atoms with Crippen LogP contribution in [0.25, 0.3) is 11.0 Å². The van der Waals surface area contributed by atoms with Crippen molar-refractivity contribution in [3.8, 4) is 0 Å². The fraction of sp³-hybridized carbons (Fsp3) is 0.250. The van der Waals surface area contributed by atoms with E-state index < -0.39 is 0 Å². The zero-order valence-corrected chi connectivity index (χ0v) is 12.2. The van der Waals surface area contributed by atoms with Gasteiger partial charge in [0.2, 0.25) is 0 Å². The van der Waals surface area contributed by atoms with Crippen molar-refractivity contribution in [3.63, 3.8) is 0 Å². The van der Waals surface area contributed by atoms with Crippen molar-refractivity contribution in [1.29, 1.82) is 0 Å². The fourth-order valence-electron chi connectivity index (χ4n) is 2.49. The normalized spacial score (nSPS) is 11.0. The maximum atomic E-state index is 5.91. The molecule has 0 saturated carbocycles. The minimum atomic E-state index is 0.585. The van der Waals surface area contributed by atoms with Crippen LogP contribution >= 0.6 is 0 Å². The molecule has 0 unspecified atom stereocenters. The van der Waals surface area contributed by atoms with Crippen LogP contribution in [0.3, 0.4) is 0 Å². The molecule has 2 aromatic carbocycles. The van der Waals surface area contributed by atoms with Gasteiger partial charge in [-0.05, 0) is 47.4 Å². The van der Waals surface area contributed by atoms with Crippen molar-refractivity contribution in [1.82, 2.24) is 10.3 Å². The summed E-state index contributed by atoms with van der Waals surface area (Å²) in [5.74, 6) is 0. The minimum Gasteiger partial charge on any atom is -0.397 e. The predicted octanol–water partition coefficient (Wildman–Crippen LogP) is 3.14. The molecular formula is C16H18N4O. The predicted molar refractivity (Wildman–Crippen MR) is 84.1 cm³/mol. The molecule has 3 rings (SSSR count). The molecule has 3 aromatic rings. The van der Waals surface area contributed by atoms with Gasteiger partial charge in [0.25, 0.3) is 0 Å². The van der Waals surface area contributed by atoms with Crippen LogP contribution in [-0.2, 0) is 6.54 Å². The largest absolute Gasteiger partial charge is 0.397 e. The van der Waals surface area contributed by atoms with E-state index in [0.717, 1.165) is 18.8 Å². The molecule has 5 heteroatoms. The Labute approximate surface area is 123 Å². The van der Waals surface area contributed by atoms with E-state index in [2.05, 4.69) is 53.3 Å². The molecule has 5 nitrogen and oxygen atoms in total. The summed E-state index contributed by atoms with van der Waals surface area (Å²) in [6, 6.07) is 12.2. The van der Waals surface area contributed by atoms with Gasteiger partial charge in [0.05, 0.1) is 11.4 Å². The van der Waals surface area contributed by atoms with Gasteiger partial charge < -0.3 is 10.6 Å². The van der Waals surface area contributed by atoms with Gasteiger partial charge in [0.1, 0.15) is 0 Å². The molecule has 0 aliphatic heterocycles. The van der Waals surface area contributed by atoms with Crippen LogP contribution in [-0.4, -0.2) is 16.9 Å². The zero-order valence-electron chi connectivity index (χ0n) is 12.2. The lowest BCUT2D eigenvalue weighted by Gasteiger charge is -2.24. The van der Waals surface area contributed by atoms with Crippen molar-refractivity contribution in [2.75, 3.05) is 17.2 Å². The van der Waals surface area contributed by atoms with Gasteiger partial charge in [-0.25, -0.2) is 4.63 Å². The average Bonchev–Trinajstić information content (AvgIpc) is 2.98. The van der Waals surface area contributed by atoms with Crippen LogP contribution < -0.4 is 10.6 Å². The minimum absolute atomic E-state index is 0.585. The lowest BCUT2D eigenvalue weighted by molar-refractivity contribution is 0.315. The molecule has 0 fully saturated rings. The van der Waals surface area contributed by atoms with Crippen LogP contribution in [0.1, 0.15) is 18.1 Å². The highest BCUT2D eigenvalue weighted by atomic mass is 16.6. The van der Waals surface area contributed by atoms with E-state index in [1.165, 1.54) is 11.1 Å². The summed E-state index contributed by atoms with van der Waals surface area (Å²) >= 11 is 0. The Morgan fingerprint density at radius 3 is 2.62 bits per heavy atom. The van der Waals surface area contributed by atoms with E-state index in [4.69, 9.17) is 10.4 Å². The van der Waals surface area contributed by atoms with Gasteiger partial charge in [-0.1, -0.05) is 24.3 Å². The summed E-state index contributed by atoms with van der Waals surface area (Å²) in [6.07, 6.45) is 0. The van der Waals surface area contributed by atoms with E-state index in [1.54, 1.807) is 0 Å². The molecule has 1 heterocycles. The molecule has 0 bridgehead atoms. The first-order valence-corrected chi connectivity index (χ1v) is 7.01. The van der Waals surface area contributed by atoms with Crippen molar-refractivity contribution in [2.45, 2.75) is 20.4 Å². The molecule has 21 heavy (non-hydrogen) atoms. The summed E-state index contributed by atoms with van der Waals surface area (Å²) in [6.45, 7) is 5.92. The SMILES string of the molecule is CCN(Cc1ccccc1C)c1ccc(N)c2nonc12. The maximum absolute atomic E-state index is 5.91. The molecule has 0 radical (unpaired) electrons. The number of nitrogen functional groups attached to an aromatic ring is 1. The van der Waals surface area contributed by atoms with Gasteiger partial charge in [-0.15, -0.1) is 0 Å². The molecule has 0 spiro atoms. The summed E-state index contributed by atoms with van der Waals surface area (Å²) in [5, 5.41) is 7.89. The molecule has 1 aromatic heterocycles. The maximum Gasteiger partial charge on any atom is 0.160 e. The van der Waals surface area contributed by atoms with Gasteiger partial charge in [0.15, 0.2) is 11.0 Å². The standard InChI is InChI=1S/C16H18N4O/c1-3-20(10-12-7-5-4-6-11(12)2)14-9-8-13(17)15-16(14)19-21-18-15/h4-9H,3,10,17H2,1-2H3. The molecular weight excluding hydrogens is 264 g/mol. The van der Waals surface area contributed by atoms with Gasteiger partial charge in [0, 0.05) is 13.1 Å². The Kier molecular flexibility index (Phi) is 3.48. The van der Waals surface area contributed by atoms with Crippen molar-refractivity contribution in [2.24, 2.45) is 0 Å². The monoisotopic (exact) mass is 282 g/mol. The van der Waals surface area contributed by atoms with Gasteiger partial charge in [-0.2, -0.15) is 0 Å². The third kappa shape index (κ3) is 2.42. The number of nitrogens with two attached hydrogens (primary N) is 1. The van der Waals surface area contributed by atoms with Crippen molar-refractivity contribution in [3.05, 3.63) is 47.5 Å². The van der Waals surface area contributed by atoms with Crippen molar-refractivity contribution >= 4 is 22.4 Å². The lowest BCUT2D eigenvalue weighted by atomic mass is 10.1. The molecule has 0 amide bonds. The van der Waals surface area contributed by atoms with Crippen LogP contribution in [0.4, 0.5) is 11.4 Å². The molecule has 0 saturated heterocycles. The van der Waals surface area contributed by atoms with Crippen LogP contribution in [0, 0.1) is 6.92 Å². The topological polar surface area (TPSA) is 68.2 Å². The number of rotatable bonds is 4. The van der Waals surface area contributed by atoms with Gasteiger partial charge in [-0.3, -0.25) is 0 Å². The molecule has 0 aliphatic carbocycles. The first-order valence-electron chi connectivity index (χ1n) is 7.01. The number of hydrogen-bond donors (Lipinski definition) is 1. The smallest absolute Gasteiger partial charge is 0.160 e. The Balaban J connectivity index is 2.01. The van der Waals surface area contributed by atoms with E-state index in [-0.39, 0.29) is 0 Å². The Bertz CT molecular complexity index is 766. The first-order chi connectivity index (χ1) is 10.2. The number of benzene rings is 2. The lowest BCUT2D eigenvalue weighted by Crippen LogP contribution is -2.22. The number of nitrogens with zero attached hydrogens (tertiary/aromatic N) is 3. The summed E-state index contributed by atoms with van der Waals surface area (Å²) < 4.78 is 4.85. The highest BCUT2D eigenvalue weighted by molar-refractivity contribution is 5.95. The van der Waals surface area contributed by atoms with Crippen molar-refractivity contribution < 1.29 is 4.63 Å². The van der Waals surface area contributed by atoms with E-state index in [1.807, 2.05) is 12.1 Å². The third-order valence-corrected chi connectivity index (χ3v) is 3.77. The van der Waals surface area contributed by atoms with Gasteiger partial charge >= 0.3 is 0 Å². The third-order valence-electron chi connectivity index (χ3n) is 3.77. The van der Waals surface area contributed by atoms with E-state index in [9.17, 15) is 0 Å². The fourth-order valence-corrected chi connectivity index (χ4v) is 2.49. The van der Waals surface area contributed by atoms with Crippen LogP contribution in [0.2, 0.25) is 0 Å². The van der Waals surface area contributed by atoms with E-state index in [0.29, 0.717) is 16.7 Å². The zero-order chi connectivity index (χ0) is 14.8. The molecule has 2 N–H and O–H groups in total. The Hall–Kier alpha value is -2.56. The number of anilines is 2. The summed E-state index contributed by atoms with van der Waals surface area (Å²) in [5.41, 5.74) is 11.4. The number of aryl methyl sites for hydroxylation is 1.